The van der Waals surface area contributed by atoms with Gasteiger partial charge in [-0.1, -0.05) is 6.07 Å². The fraction of sp³-hybridized carbons (Fsp3) is 0.353. The van der Waals surface area contributed by atoms with Gasteiger partial charge in [0.2, 0.25) is 0 Å². The second-order valence-electron chi connectivity index (χ2n) is 6.45. The summed E-state index contributed by atoms with van der Waals surface area (Å²) >= 11 is 0. The fourth-order valence-corrected chi connectivity index (χ4v) is 3.39. The molecule has 0 radical (unpaired) electrons. The number of hydrogen-bond acceptors (Lipinski definition) is 5. The number of hydrogen-bond donors (Lipinski definition) is 1. The number of anilines is 1. The maximum atomic E-state index is 14.0. The highest BCUT2D eigenvalue weighted by molar-refractivity contribution is 5.46. The predicted molar refractivity (Wildman–Crippen MR) is 88.0 cm³/mol. The Morgan fingerprint density at radius 1 is 1.04 bits per heavy atom. The average molecular weight is 381 g/mol. The van der Waals surface area contributed by atoms with E-state index in [1.54, 1.807) is 12.1 Å². The molecule has 0 aliphatic carbocycles. The molecule has 0 amide bonds. The smallest absolute Gasteiger partial charge is 0.453 e. The van der Waals surface area contributed by atoms with Crippen LogP contribution in [-0.2, 0) is 6.18 Å². The second kappa shape index (κ2) is 6.36. The van der Waals surface area contributed by atoms with Gasteiger partial charge >= 0.3 is 6.18 Å². The first-order chi connectivity index (χ1) is 12.8. The van der Waals surface area contributed by atoms with Crippen molar-refractivity contribution in [2.45, 2.75) is 24.9 Å². The number of nitrogens with zero attached hydrogens (tertiary/aromatic N) is 5. The van der Waals surface area contributed by atoms with Gasteiger partial charge in [0.15, 0.2) is 5.65 Å². The molecule has 1 aliphatic heterocycles. The Morgan fingerprint density at radius 3 is 2.44 bits per heavy atom. The highest BCUT2D eigenvalue weighted by Crippen LogP contribution is 2.33. The van der Waals surface area contributed by atoms with Crippen molar-refractivity contribution < 1.29 is 22.7 Å². The van der Waals surface area contributed by atoms with Crippen LogP contribution in [0.25, 0.3) is 5.65 Å². The van der Waals surface area contributed by atoms with Crippen LogP contribution in [0.5, 0.6) is 5.75 Å². The number of rotatable bonds is 2. The van der Waals surface area contributed by atoms with Crippen LogP contribution in [0.2, 0.25) is 0 Å². The summed E-state index contributed by atoms with van der Waals surface area (Å²) in [5.74, 6) is -1.38. The predicted octanol–water partition coefficient (Wildman–Crippen LogP) is 3.37. The minimum atomic E-state index is -4.64. The first kappa shape index (κ1) is 17.5. The molecule has 6 nitrogen and oxygen atoms in total. The van der Waals surface area contributed by atoms with Crippen molar-refractivity contribution in [1.29, 1.82) is 0 Å². The van der Waals surface area contributed by atoms with Gasteiger partial charge in [-0.05, 0) is 42.5 Å². The summed E-state index contributed by atoms with van der Waals surface area (Å²) in [5.41, 5.74) is 0.557. The Balaban J connectivity index is 1.54. The first-order valence-corrected chi connectivity index (χ1v) is 8.36. The molecule has 0 spiro atoms. The SMILES string of the molecule is Oc1ccc(C2CCN(c3ccc4nnc(C(F)(F)F)n4n3)CC2)c(F)c1. The van der Waals surface area contributed by atoms with E-state index in [0.717, 1.165) is 6.07 Å². The van der Waals surface area contributed by atoms with Crippen molar-refractivity contribution in [2.75, 3.05) is 18.0 Å². The summed E-state index contributed by atoms with van der Waals surface area (Å²) in [7, 11) is 0. The molecule has 10 heteroatoms. The standard InChI is InChI=1S/C17H15F4N5O/c18-13-9-11(27)1-2-12(13)10-5-7-25(8-6-10)15-4-3-14-22-23-16(17(19,20)21)26(14)24-15/h1-4,9-10,27H,5-8H2. The molecule has 3 heterocycles. The highest BCUT2D eigenvalue weighted by atomic mass is 19.4. The van der Waals surface area contributed by atoms with E-state index in [1.807, 2.05) is 4.90 Å². The van der Waals surface area contributed by atoms with Gasteiger partial charge in [-0.25, -0.2) is 4.39 Å². The van der Waals surface area contributed by atoms with E-state index in [9.17, 15) is 22.7 Å². The molecule has 1 aromatic carbocycles. The average Bonchev–Trinajstić information content (AvgIpc) is 3.05. The largest absolute Gasteiger partial charge is 0.508 e. The monoisotopic (exact) mass is 381 g/mol. The summed E-state index contributed by atoms with van der Waals surface area (Å²) in [5, 5.41) is 20.0. The third-order valence-electron chi connectivity index (χ3n) is 4.75. The molecule has 1 saturated heterocycles. The number of piperidine rings is 1. The molecule has 1 fully saturated rings. The van der Waals surface area contributed by atoms with Crippen molar-refractivity contribution in [1.82, 2.24) is 19.8 Å². The van der Waals surface area contributed by atoms with E-state index < -0.39 is 17.8 Å². The summed E-state index contributed by atoms with van der Waals surface area (Å²) in [6.07, 6.45) is -3.40. The van der Waals surface area contributed by atoms with Crippen molar-refractivity contribution in [3.63, 3.8) is 0 Å². The van der Waals surface area contributed by atoms with Crippen LogP contribution in [0.4, 0.5) is 23.4 Å². The van der Waals surface area contributed by atoms with Crippen LogP contribution in [0.15, 0.2) is 30.3 Å². The number of halogens is 4. The van der Waals surface area contributed by atoms with Crippen LogP contribution in [0.3, 0.4) is 0 Å². The van der Waals surface area contributed by atoms with Crippen molar-refractivity contribution in [3.8, 4) is 5.75 Å². The second-order valence-corrected chi connectivity index (χ2v) is 6.45. The van der Waals surface area contributed by atoms with Crippen molar-refractivity contribution in [3.05, 3.63) is 47.5 Å². The van der Waals surface area contributed by atoms with Gasteiger partial charge in [0.1, 0.15) is 17.4 Å². The van der Waals surface area contributed by atoms with Gasteiger partial charge in [0.25, 0.3) is 5.82 Å². The molecule has 1 N–H and O–H groups in total. The minimum absolute atomic E-state index is 0.0205. The number of alkyl halides is 3. The zero-order valence-electron chi connectivity index (χ0n) is 14.0. The third kappa shape index (κ3) is 3.26. The lowest BCUT2D eigenvalue weighted by atomic mass is 9.89. The maximum absolute atomic E-state index is 14.0. The molecule has 0 bridgehead atoms. The van der Waals surface area contributed by atoms with E-state index in [0.29, 0.717) is 41.8 Å². The highest BCUT2D eigenvalue weighted by Gasteiger charge is 2.38. The minimum Gasteiger partial charge on any atom is -0.508 e. The topological polar surface area (TPSA) is 66.5 Å². The van der Waals surface area contributed by atoms with Gasteiger partial charge < -0.3 is 10.0 Å². The number of fused-ring (bicyclic) bond motifs is 1. The molecule has 142 valence electrons. The van der Waals surface area contributed by atoms with Crippen molar-refractivity contribution in [2.24, 2.45) is 0 Å². The number of benzene rings is 1. The van der Waals surface area contributed by atoms with Gasteiger partial charge in [-0.3, -0.25) is 0 Å². The molecule has 0 atom stereocenters. The molecular formula is C17H15F4N5O. The lowest BCUT2D eigenvalue weighted by Crippen LogP contribution is -2.34. The van der Waals surface area contributed by atoms with Crippen LogP contribution < -0.4 is 4.90 Å². The van der Waals surface area contributed by atoms with E-state index in [-0.39, 0.29) is 17.3 Å². The van der Waals surface area contributed by atoms with E-state index in [1.165, 1.54) is 12.1 Å². The Labute approximate surface area is 151 Å². The molecule has 3 aromatic rings. The molecule has 0 saturated carbocycles. The lowest BCUT2D eigenvalue weighted by molar-refractivity contribution is -0.146. The van der Waals surface area contributed by atoms with E-state index in [2.05, 4.69) is 15.3 Å². The Kier molecular flexibility index (Phi) is 4.12. The number of aromatic hydroxyl groups is 1. The quantitative estimate of drug-likeness (QED) is 0.690. The summed E-state index contributed by atoms with van der Waals surface area (Å²) < 4.78 is 53.7. The van der Waals surface area contributed by atoms with E-state index >= 15 is 0 Å². The number of phenols is 1. The zero-order valence-corrected chi connectivity index (χ0v) is 14.0. The molecular weight excluding hydrogens is 366 g/mol. The molecule has 1 aliphatic rings. The van der Waals surface area contributed by atoms with Gasteiger partial charge in [0, 0.05) is 19.2 Å². The normalized spacial score (nSPS) is 16.2. The van der Waals surface area contributed by atoms with Gasteiger partial charge in [-0.2, -0.15) is 17.7 Å². The number of aromatic nitrogens is 4. The Bertz CT molecular complexity index is 979. The maximum Gasteiger partial charge on any atom is 0.453 e. The molecule has 0 unspecified atom stereocenters. The molecule has 4 rings (SSSR count). The number of phenolic OH excluding ortho intramolecular Hbond substituents is 1. The summed E-state index contributed by atoms with van der Waals surface area (Å²) in [4.78, 5) is 1.86. The van der Waals surface area contributed by atoms with Gasteiger partial charge in [0.05, 0.1) is 0 Å². The van der Waals surface area contributed by atoms with Crippen LogP contribution in [0, 0.1) is 5.82 Å². The van der Waals surface area contributed by atoms with Crippen LogP contribution in [-0.4, -0.2) is 38.0 Å². The Hall–Kier alpha value is -2.91. The van der Waals surface area contributed by atoms with Crippen LogP contribution in [0.1, 0.15) is 30.1 Å². The Morgan fingerprint density at radius 2 is 1.78 bits per heavy atom. The van der Waals surface area contributed by atoms with Crippen LogP contribution >= 0.6 is 0 Å². The molecule has 27 heavy (non-hydrogen) atoms. The third-order valence-corrected chi connectivity index (χ3v) is 4.75. The zero-order chi connectivity index (χ0) is 19.2. The van der Waals surface area contributed by atoms with Gasteiger partial charge in [-0.15, -0.1) is 15.3 Å². The van der Waals surface area contributed by atoms with Crippen molar-refractivity contribution >= 4 is 11.5 Å². The first-order valence-electron chi connectivity index (χ1n) is 8.36. The fourth-order valence-electron chi connectivity index (χ4n) is 3.39. The summed E-state index contributed by atoms with van der Waals surface area (Å²) in [6, 6.07) is 7.15. The van der Waals surface area contributed by atoms with E-state index in [4.69, 9.17) is 0 Å². The summed E-state index contributed by atoms with van der Waals surface area (Å²) in [6.45, 7) is 1.04. The lowest BCUT2D eigenvalue weighted by Gasteiger charge is -2.33. The molecule has 2 aromatic heterocycles.